The lowest BCUT2D eigenvalue weighted by molar-refractivity contribution is 1.32. The number of aryl methyl sites for hydroxylation is 1. The number of nitrogens with zero attached hydrogens (tertiary/aromatic N) is 1. The highest BCUT2D eigenvalue weighted by molar-refractivity contribution is 9.10. The van der Waals surface area contributed by atoms with Crippen LogP contribution in [0.25, 0.3) is 0 Å². The summed E-state index contributed by atoms with van der Waals surface area (Å²) in [6.45, 7) is 2.08. The first kappa shape index (κ1) is 12.2. The molecule has 0 aliphatic heterocycles. The molecule has 2 rings (SSSR count). The van der Waals surface area contributed by atoms with Gasteiger partial charge in [-0.05, 0) is 55.0 Å². The fraction of sp³-hybridized carbons (Fsp3) is 0.0714. The lowest BCUT2D eigenvalue weighted by Gasteiger charge is -2.04. The predicted molar refractivity (Wildman–Crippen MR) is 74.2 cm³/mol. The van der Waals surface area contributed by atoms with Gasteiger partial charge in [0.2, 0.25) is 0 Å². The van der Waals surface area contributed by atoms with Crippen LogP contribution in [0.1, 0.15) is 11.1 Å². The maximum absolute atomic E-state index is 8.72. The van der Waals surface area contributed by atoms with Crippen LogP contribution in [-0.4, -0.2) is 0 Å². The number of benzene rings is 2. The molecule has 0 heterocycles. The Bertz CT molecular complexity index is 570. The molecule has 0 saturated heterocycles. The minimum Gasteiger partial charge on any atom is -0.192 e. The van der Waals surface area contributed by atoms with Crippen LogP contribution in [0.5, 0.6) is 0 Å². The summed E-state index contributed by atoms with van der Waals surface area (Å²) in [7, 11) is 0. The molecule has 0 fully saturated rings. The summed E-state index contributed by atoms with van der Waals surface area (Å²) in [5, 5.41) is 8.72. The van der Waals surface area contributed by atoms with E-state index in [0.717, 1.165) is 9.37 Å². The third-order valence-electron chi connectivity index (χ3n) is 2.35. The quantitative estimate of drug-likeness (QED) is 0.797. The van der Waals surface area contributed by atoms with Crippen molar-refractivity contribution < 1.29 is 0 Å². The zero-order valence-corrected chi connectivity index (χ0v) is 11.7. The SMILES string of the molecule is Cc1cc(Sc2ccc(C#N)cc2)ccc1Br. The topological polar surface area (TPSA) is 23.8 Å². The Kier molecular flexibility index (Phi) is 3.88. The van der Waals surface area contributed by atoms with Crippen LogP contribution in [-0.2, 0) is 0 Å². The van der Waals surface area contributed by atoms with Gasteiger partial charge in [0.05, 0.1) is 11.6 Å². The van der Waals surface area contributed by atoms with E-state index in [9.17, 15) is 0 Å². The summed E-state index contributed by atoms with van der Waals surface area (Å²) < 4.78 is 1.13. The first-order valence-corrected chi connectivity index (χ1v) is 6.74. The highest BCUT2D eigenvalue weighted by atomic mass is 79.9. The second-order valence-electron chi connectivity index (χ2n) is 3.65. The number of hydrogen-bond donors (Lipinski definition) is 0. The lowest BCUT2D eigenvalue weighted by atomic mass is 10.2. The largest absolute Gasteiger partial charge is 0.192 e. The minimum absolute atomic E-state index is 0.696. The molecule has 1 nitrogen and oxygen atoms in total. The molecule has 0 amide bonds. The number of nitriles is 1. The Morgan fingerprint density at radius 3 is 2.29 bits per heavy atom. The molecule has 17 heavy (non-hydrogen) atoms. The van der Waals surface area contributed by atoms with Crippen molar-refractivity contribution in [2.24, 2.45) is 0 Å². The molecule has 0 atom stereocenters. The lowest BCUT2D eigenvalue weighted by Crippen LogP contribution is -1.79. The van der Waals surface area contributed by atoms with Gasteiger partial charge in [-0.1, -0.05) is 27.7 Å². The molecule has 0 aliphatic carbocycles. The summed E-state index contributed by atoms with van der Waals surface area (Å²) in [6.07, 6.45) is 0. The van der Waals surface area contributed by atoms with Crippen molar-refractivity contribution in [1.29, 1.82) is 5.26 Å². The van der Waals surface area contributed by atoms with Crippen molar-refractivity contribution in [3.63, 3.8) is 0 Å². The number of hydrogen-bond acceptors (Lipinski definition) is 2. The molecular weight excluding hydrogens is 294 g/mol. The van der Waals surface area contributed by atoms with Gasteiger partial charge in [0, 0.05) is 14.3 Å². The fourth-order valence-electron chi connectivity index (χ4n) is 1.41. The van der Waals surface area contributed by atoms with Gasteiger partial charge in [-0.2, -0.15) is 5.26 Å². The van der Waals surface area contributed by atoms with Crippen LogP contribution >= 0.6 is 27.7 Å². The molecule has 0 aliphatic rings. The van der Waals surface area contributed by atoms with Crippen LogP contribution in [0.3, 0.4) is 0 Å². The van der Waals surface area contributed by atoms with Gasteiger partial charge in [0.25, 0.3) is 0 Å². The van der Waals surface area contributed by atoms with E-state index in [1.54, 1.807) is 11.8 Å². The minimum atomic E-state index is 0.696. The summed E-state index contributed by atoms with van der Waals surface area (Å²) in [5.74, 6) is 0. The average molecular weight is 304 g/mol. The van der Waals surface area contributed by atoms with Crippen LogP contribution < -0.4 is 0 Å². The summed E-state index contributed by atoms with van der Waals surface area (Å²) >= 11 is 5.19. The first-order valence-electron chi connectivity index (χ1n) is 5.13. The van der Waals surface area contributed by atoms with E-state index in [0.29, 0.717) is 5.56 Å². The normalized spacial score (nSPS) is 9.94. The molecule has 3 heteroatoms. The number of halogens is 1. The molecule has 0 unspecified atom stereocenters. The molecule has 0 N–H and O–H groups in total. The summed E-state index contributed by atoms with van der Waals surface area (Å²) in [5.41, 5.74) is 1.92. The standard InChI is InChI=1S/C14H10BrNS/c1-10-8-13(6-7-14(10)15)17-12-4-2-11(9-16)3-5-12/h2-8H,1H3. The zero-order chi connectivity index (χ0) is 12.3. The molecule has 0 spiro atoms. The van der Waals surface area contributed by atoms with Crippen molar-refractivity contribution in [3.8, 4) is 6.07 Å². The van der Waals surface area contributed by atoms with Crippen LogP contribution in [0.2, 0.25) is 0 Å². The Morgan fingerprint density at radius 2 is 1.71 bits per heavy atom. The summed E-state index contributed by atoms with van der Waals surface area (Å²) in [6, 6.07) is 16.0. The molecule has 0 bridgehead atoms. The Hall–Kier alpha value is -1.24. The van der Waals surface area contributed by atoms with Crippen molar-refractivity contribution in [2.75, 3.05) is 0 Å². The predicted octanol–water partition coefficient (Wildman–Crippen LogP) is 4.78. The van der Waals surface area contributed by atoms with Crippen LogP contribution in [0.4, 0.5) is 0 Å². The van der Waals surface area contributed by atoms with E-state index < -0.39 is 0 Å². The second-order valence-corrected chi connectivity index (χ2v) is 5.65. The van der Waals surface area contributed by atoms with Gasteiger partial charge in [-0.3, -0.25) is 0 Å². The van der Waals surface area contributed by atoms with E-state index in [4.69, 9.17) is 5.26 Å². The van der Waals surface area contributed by atoms with Crippen molar-refractivity contribution >= 4 is 27.7 Å². The third-order valence-corrected chi connectivity index (χ3v) is 4.24. The van der Waals surface area contributed by atoms with E-state index in [1.165, 1.54) is 10.5 Å². The first-order chi connectivity index (χ1) is 8.19. The van der Waals surface area contributed by atoms with Crippen molar-refractivity contribution in [1.82, 2.24) is 0 Å². The second kappa shape index (κ2) is 5.39. The van der Waals surface area contributed by atoms with Gasteiger partial charge in [0.1, 0.15) is 0 Å². The molecule has 2 aromatic carbocycles. The Balaban J connectivity index is 2.20. The van der Waals surface area contributed by atoms with Crippen molar-refractivity contribution in [2.45, 2.75) is 16.7 Å². The van der Waals surface area contributed by atoms with Gasteiger partial charge < -0.3 is 0 Å². The van der Waals surface area contributed by atoms with Gasteiger partial charge in [-0.25, -0.2) is 0 Å². The number of rotatable bonds is 2. The highest BCUT2D eigenvalue weighted by Crippen LogP contribution is 2.30. The van der Waals surface area contributed by atoms with Gasteiger partial charge in [-0.15, -0.1) is 0 Å². The molecule has 2 aromatic rings. The van der Waals surface area contributed by atoms with E-state index in [-0.39, 0.29) is 0 Å². The van der Waals surface area contributed by atoms with Gasteiger partial charge >= 0.3 is 0 Å². The van der Waals surface area contributed by atoms with E-state index >= 15 is 0 Å². The monoisotopic (exact) mass is 303 g/mol. The zero-order valence-electron chi connectivity index (χ0n) is 9.27. The van der Waals surface area contributed by atoms with Crippen LogP contribution in [0, 0.1) is 18.3 Å². The summed E-state index contributed by atoms with van der Waals surface area (Å²) in [4.78, 5) is 2.35. The maximum Gasteiger partial charge on any atom is 0.0991 e. The molecule has 84 valence electrons. The van der Waals surface area contributed by atoms with E-state index in [2.05, 4.69) is 47.1 Å². The Labute approximate surface area is 114 Å². The molecule has 0 aromatic heterocycles. The third kappa shape index (κ3) is 3.12. The molecule has 0 radical (unpaired) electrons. The van der Waals surface area contributed by atoms with E-state index in [1.807, 2.05) is 24.3 Å². The maximum atomic E-state index is 8.72. The fourth-order valence-corrected chi connectivity index (χ4v) is 2.58. The highest BCUT2D eigenvalue weighted by Gasteiger charge is 2.00. The average Bonchev–Trinajstić information content (AvgIpc) is 2.35. The van der Waals surface area contributed by atoms with Crippen molar-refractivity contribution in [3.05, 3.63) is 58.1 Å². The molecule has 0 saturated carbocycles. The Morgan fingerprint density at radius 1 is 1.06 bits per heavy atom. The van der Waals surface area contributed by atoms with Crippen LogP contribution in [0.15, 0.2) is 56.7 Å². The smallest absolute Gasteiger partial charge is 0.0991 e. The van der Waals surface area contributed by atoms with Gasteiger partial charge in [0.15, 0.2) is 0 Å². The molecular formula is C14H10BrNS.